The summed E-state index contributed by atoms with van der Waals surface area (Å²) >= 11 is 0. The molecule has 160 valence electrons. The van der Waals surface area contributed by atoms with Crippen molar-refractivity contribution >= 4 is 21.7 Å². The molecule has 3 aromatic carbocycles. The summed E-state index contributed by atoms with van der Waals surface area (Å²) in [6.07, 6.45) is 0. The van der Waals surface area contributed by atoms with Crippen molar-refractivity contribution < 1.29 is 0 Å². The number of fused-ring (bicyclic) bond motifs is 3. The molecule has 0 fully saturated rings. The molecular formula is C29H34N2. The van der Waals surface area contributed by atoms with Crippen LogP contribution in [0.1, 0.15) is 87.4 Å². The van der Waals surface area contributed by atoms with Crippen LogP contribution in [0.4, 0.5) is 0 Å². The fourth-order valence-electron chi connectivity index (χ4n) is 4.50. The van der Waals surface area contributed by atoms with Gasteiger partial charge in [-0.15, -0.1) is 0 Å². The van der Waals surface area contributed by atoms with E-state index in [0.29, 0.717) is 11.8 Å². The molecule has 4 aromatic rings. The second kappa shape index (κ2) is 8.07. The van der Waals surface area contributed by atoms with Crippen LogP contribution in [0.3, 0.4) is 0 Å². The zero-order valence-corrected chi connectivity index (χ0v) is 20.2. The summed E-state index contributed by atoms with van der Waals surface area (Å²) in [6.45, 7) is 17.8. The van der Waals surface area contributed by atoms with Gasteiger partial charge in [-0.25, -0.2) is 9.97 Å². The van der Waals surface area contributed by atoms with Gasteiger partial charge < -0.3 is 0 Å². The number of aryl methyl sites for hydroxylation is 2. The Morgan fingerprint density at radius 3 is 1.94 bits per heavy atom. The minimum Gasteiger partial charge on any atom is -0.232 e. The van der Waals surface area contributed by atoms with E-state index in [4.69, 9.17) is 9.97 Å². The third-order valence-electron chi connectivity index (χ3n) is 6.15. The predicted molar refractivity (Wildman–Crippen MR) is 134 cm³/mol. The highest BCUT2D eigenvalue weighted by Gasteiger charge is 2.18. The molecular weight excluding hydrogens is 376 g/mol. The molecule has 0 aliphatic rings. The third kappa shape index (κ3) is 3.96. The van der Waals surface area contributed by atoms with E-state index in [1.54, 1.807) is 0 Å². The largest absolute Gasteiger partial charge is 0.232 e. The number of hydrogen-bond donors (Lipinski definition) is 0. The molecule has 1 aromatic heterocycles. The highest BCUT2D eigenvalue weighted by atomic mass is 14.9. The molecule has 0 saturated heterocycles. The summed E-state index contributed by atoms with van der Waals surface area (Å²) in [6, 6.07) is 15.9. The number of rotatable bonds is 4. The van der Waals surface area contributed by atoms with Gasteiger partial charge in [0.25, 0.3) is 0 Å². The average Bonchev–Trinajstić information content (AvgIpc) is 2.70. The van der Waals surface area contributed by atoms with Crippen molar-refractivity contribution in [3.63, 3.8) is 0 Å². The molecule has 0 amide bonds. The second-order valence-electron chi connectivity index (χ2n) is 9.94. The van der Waals surface area contributed by atoms with Crippen molar-refractivity contribution in [1.82, 2.24) is 9.97 Å². The van der Waals surface area contributed by atoms with Crippen molar-refractivity contribution in [2.75, 3.05) is 0 Å². The molecule has 2 heteroatoms. The Bertz CT molecular complexity index is 1260. The molecule has 0 spiro atoms. The van der Waals surface area contributed by atoms with Gasteiger partial charge in [0, 0.05) is 22.3 Å². The molecule has 31 heavy (non-hydrogen) atoms. The maximum Gasteiger partial charge on any atom is 0.132 e. The Kier molecular flexibility index (Phi) is 5.60. The number of hydrogen-bond acceptors (Lipinski definition) is 2. The van der Waals surface area contributed by atoms with Crippen molar-refractivity contribution in [3.05, 3.63) is 70.5 Å². The van der Waals surface area contributed by atoms with Gasteiger partial charge in [-0.05, 0) is 60.4 Å². The predicted octanol–water partition coefficient (Wildman–Crippen LogP) is 8.44. The van der Waals surface area contributed by atoms with Gasteiger partial charge in [0.05, 0.1) is 11.2 Å². The molecule has 0 radical (unpaired) electrons. The summed E-state index contributed by atoms with van der Waals surface area (Å²) in [5.74, 6) is 2.10. The molecule has 0 aliphatic carbocycles. The first-order chi connectivity index (χ1) is 14.7. The average molecular weight is 411 g/mol. The van der Waals surface area contributed by atoms with E-state index in [1.807, 2.05) is 0 Å². The van der Waals surface area contributed by atoms with Gasteiger partial charge in [0.15, 0.2) is 0 Å². The molecule has 0 saturated carbocycles. The molecule has 0 aliphatic heterocycles. The fraction of sp³-hybridized carbons (Fsp3) is 0.379. The number of benzene rings is 3. The van der Waals surface area contributed by atoms with Crippen LogP contribution < -0.4 is 0 Å². The third-order valence-corrected chi connectivity index (χ3v) is 6.15. The highest BCUT2D eigenvalue weighted by molar-refractivity contribution is 6.11. The highest BCUT2D eigenvalue weighted by Crippen LogP contribution is 2.38. The van der Waals surface area contributed by atoms with Crippen molar-refractivity contribution in [2.45, 2.75) is 73.1 Å². The summed E-state index contributed by atoms with van der Waals surface area (Å²) in [7, 11) is 0. The Morgan fingerprint density at radius 1 is 0.677 bits per heavy atom. The second-order valence-corrected chi connectivity index (χ2v) is 9.94. The monoisotopic (exact) mass is 410 g/mol. The van der Waals surface area contributed by atoms with E-state index < -0.39 is 0 Å². The minimum atomic E-state index is 0.266. The minimum absolute atomic E-state index is 0.266. The van der Waals surface area contributed by atoms with Crippen LogP contribution in [-0.4, -0.2) is 9.97 Å². The molecule has 0 bridgehead atoms. The number of nitrogens with zero attached hydrogens (tertiary/aromatic N) is 2. The van der Waals surface area contributed by atoms with E-state index >= 15 is 0 Å². The Hall–Kier alpha value is -2.74. The normalized spacial score (nSPS) is 12.1. The van der Waals surface area contributed by atoms with Crippen LogP contribution in [0, 0.1) is 13.8 Å². The lowest BCUT2D eigenvalue weighted by Crippen LogP contribution is -2.03. The molecule has 1 heterocycles. The molecule has 0 N–H and O–H groups in total. The smallest absolute Gasteiger partial charge is 0.132 e. The van der Waals surface area contributed by atoms with Gasteiger partial charge in [-0.2, -0.15) is 0 Å². The quantitative estimate of drug-likeness (QED) is 0.315. The van der Waals surface area contributed by atoms with Gasteiger partial charge >= 0.3 is 0 Å². The summed E-state index contributed by atoms with van der Waals surface area (Å²) in [5.41, 5.74) is 8.61. The molecule has 0 atom stereocenters. The molecule has 2 nitrogen and oxygen atoms in total. The van der Waals surface area contributed by atoms with Gasteiger partial charge in [0.1, 0.15) is 5.82 Å². The van der Waals surface area contributed by atoms with E-state index in [0.717, 1.165) is 22.4 Å². The standard InChI is InChI=1S/C29H34N2/c1-16(2)22-14-21-9-10-24-27(23-12-19(7)11-20(8)13-23)30-29(18(5)6)31-28(24)26(21)25(15-22)17(3)4/h9-18H,1-8H3. The Labute approximate surface area is 186 Å². The zero-order valence-electron chi connectivity index (χ0n) is 20.2. The SMILES string of the molecule is Cc1cc(C)cc(-c2nc(C(C)C)nc3c2ccc2cc(C(C)C)cc(C(C)C)c23)c1. The van der Waals surface area contributed by atoms with Crippen molar-refractivity contribution in [1.29, 1.82) is 0 Å². The zero-order chi connectivity index (χ0) is 22.4. The Balaban J connectivity index is 2.17. The van der Waals surface area contributed by atoms with E-state index in [-0.39, 0.29) is 5.92 Å². The first kappa shape index (κ1) is 21.5. The Morgan fingerprint density at radius 2 is 1.35 bits per heavy atom. The maximum absolute atomic E-state index is 5.14. The maximum atomic E-state index is 5.14. The van der Waals surface area contributed by atoms with Crippen molar-refractivity contribution in [3.8, 4) is 11.3 Å². The van der Waals surface area contributed by atoms with Crippen molar-refractivity contribution in [2.24, 2.45) is 0 Å². The van der Waals surface area contributed by atoms with E-state index in [9.17, 15) is 0 Å². The van der Waals surface area contributed by atoms with Gasteiger partial charge in [-0.3, -0.25) is 0 Å². The first-order valence-electron chi connectivity index (χ1n) is 11.5. The van der Waals surface area contributed by atoms with Gasteiger partial charge in [-0.1, -0.05) is 76.9 Å². The molecule has 0 unspecified atom stereocenters. The molecule has 4 rings (SSSR count). The lowest BCUT2D eigenvalue weighted by atomic mass is 9.88. The van der Waals surface area contributed by atoms with E-state index in [1.165, 1.54) is 38.6 Å². The number of aromatic nitrogens is 2. The lowest BCUT2D eigenvalue weighted by Gasteiger charge is -2.19. The summed E-state index contributed by atoms with van der Waals surface area (Å²) in [4.78, 5) is 10.2. The topological polar surface area (TPSA) is 25.8 Å². The van der Waals surface area contributed by atoms with Crippen LogP contribution >= 0.6 is 0 Å². The first-order valence-corrected chi connectivity index (χ1v) is 11.5. The summed E-state index contributed by atoms with van der Waals surface area (Å²) < 4.78 is 0. The van der Waals surface area contributed by atoms with Crippen LogP contribution in [0.2, 0.25) is 0 Å². The van der Waals surface area contributed by atoms with E-state index in [2.05, 4.69) is 97.9 Å². The van der Waals surface area contributed by atoms with Crippen LogP contribution in [-0.2, 0) is 0 Å². The lowest BCUT2D eigenvalue weighted by molar-refractivity contribution is 0.785. The fourth-order valence-corrected chi connectivity index (χ4v) is 4.50. The van der Waals surface area contributed by atoms with Gasteiger partial charge in [0.2, 0.25) is 0 Å². The summed E-state index contributed by atoms with van der Waals surface area (Å²) in [5, 5.41) is 3.70. The van der Waals surface area contributed by atoms with Crippen LogP contribution in [0.5, 0.6) is 0 Å². The van der Waals surface area contributed by atoms with Crippen LogP contribution in [0.15, 0.2) is 42.5 Å². The van der Waals surface area contributed by atoms with Crippen LogP contribution in [0.25, 0.3) is 32.9 Å².